The Labute approximate surface area is 194 Å². The number of carbonyl (C=O) groups is 2. The minimum absolute atomic E-state index is 0.0486. The number of nitrogens with zero attached hydrogens (tertiary/aromatic N) is 2. The van der Waals surface area contributed by atoms with Crippen molar-refractivity contribution in [2.45, 2.75) is 44.7 Å². The second-order valence-corrected chi connectivity index (χ2v) is 9.71. The van der Waals surface area contributed by atoms with Crippen molar-refractivity contribution in [2.75, 3.05) is 17.2 Å². The summed E-state index contributed by atoms with van der Waals surface area (Å²) >= 11 is 1.52. The number of aryl methyl sites for hydroxylation is 2. The molecule has 3 aromatic rings. The highest BCUT2D eigenvalue weighted by Gasteiger charge is 2.39. The lowest BCUT2D eigenvalue weighted by Gasteiger charge is -2.30. The van der Waals surface area contributed by atoms with Crippen LogP contribution in [-0.4, -0.2) is 28.7 Å². The standard InChI is InChI=1S/C26H31N3O2S/c1-5-18-9-8-10-19(15-18)29-22(30)16-32-26-23(20-11-6-7-12-21(20)28(26)4)24(29)25(31)27-14-13-17(2)3/h6-12,15,17,24H,5,13-14,16H2,1-4H3,(H,27,31)/t24-/m0/s1. The molecule has 2 heterocycles. The van der Waals surface area contributed by atoms with Crippen LogP contribution in [0.25, 0.3) is 10.9 Å². The van der Waals surface area contributed by atoms with Crippen LogP contribution < -0.4 is 10.2 Å². The molecule has 0 unspecified atom stereocenters. The molecule has 0 aliphatic carbocycles. The van der Waals surface area contributed by atoms with Crippen molar-refractivity contribution in [1.29, 1.82) is 0 Å². The Balaban J connectivity index is 1.88. The summed E-state index contributed by atoms with van der Waals surface area (Å²) in [5.74, 6) is 0.615. The van der Waals surface area contributed by atoms with Crippen LogP contribution in [0.1, 0.15) is 44.4 Å². The molecule has 5 nitrogen and oxygen atoms in total. The maximum atomic E-state index is 13.7. The predicted octanol–water partition coefficient (Wildman–Crippen LogP) is 5.08. The Bertz CT molecular complexity index is 1150. The van der Waals surface area contributed by atoms with Crippen LogP contribution in [0.3, 0.4) is 0 Å². The third-order valence-corrected chi connectivity index (χ3v) is 7.25. The van der Waals surface area contributed by atoms with Gasteiger partial charge in [0.15, 0.2) is 0 Å². The highest BCUT2D eigenvalue weighted by molar-refractivity contribution is 8.00. The number of anilines is 1. The van der Waals surface area contributed by atoms with Gasteiger partial charge in [0.25, 0.3) is 0 Å². The zero-order chi connectivity index (χ0) is 22.8. The van der Waals surface area contributed by atoms with Crippen LogP contribution in [0.2, 0.25) is 0 Å². The van der Waals surface area contributed by atoms with Gasteiger partial charge in [-0.2, -0.15) is 0 Å². The molecule has 0 fully saturated rings. The van der Waals surface area contributed by atoms with Gasteiger partial charge in [-0.05, 0) is 42.5 Å². The van der Waals surface area contributed by atoms with E-state index in [1.165, 1.54) is 11.8 Å². The van der Waals surface area contributed by atoms with Crippen molar-refractivity contribution in [3.8, 4) is 0 Å². The largest absolute Gasteiger partial charge is 0.354 e. The van der Waals surface area contributed by atoms with Crippen molar-refractivity contribution in [1.82, 2.24) is 9.88 Å². The first-order valence-corrected chi connectivity index (χ1v) is 12.3. The first-order valence-electron chi connectivity index (χ1n) is 11.3. The van der Waals surface area contributed by atoms with Gasteiger partial charge in [-0.15, -0.1) is 0 Å². The number of nitrogens with one attached hydrogen (secondary N) is 1. The van der Waals surface area contributed by atoms with E-state index < -0.39 is 6.04 Å². The van der Waals surface area contributed by atoms with Crippen molar-refractivity contribution < 1.29 is 9.59 Å². The van der Waals surface area contributed by atoms with Gasteiger partial charge in [0.2, 0.25) is 11.8 Å². The number of carbonyl (C=O) groups excluding carboxylic acids is 2. The molecule has 0 radical (unpaired) electrons. The second kappa shape index (κ2) is 9.41. The van der Waals surface area contributed by atoms with E-state index in [0.717, 1.165) is 45.6 Å². The van der Waals surface area contributed by atoms with Crippen molar-refractivity contribution in [3.05, 3.63) is 59.7 Å². The molecule has 0 saturated carbocycles. The molecule has 4 rings (SSSR count). The monoisotopic (exact) mass is 449 g/mol. The van der Waals surface area contributed by atoms with Crippen LogP contribution in [0.5, 0.6) is 0 Å². The number of hydrogen-bond acceptors (Lipinski definition) is 3. The Hall–Kier alpha value is -2.73. The van der Waals surface area contributed by atoms with E-state index in [-0.39, 0.29) is 11.8 Å². The molecule has 6 heteroatoms. The Morgan fingerprint density at radius 2 is 1.97 bits per heavy atom. The highest BCUT2D eigenvalue weighted by Crippen LogP contribution is 2.43. The SMILES string of the molecule is CCc1cccc(N2C(=O)CSc3c(c4ccccc4n3C)[C@H]2C(=O)NCCC(C)C)c1. The van der Waals surface area contributed by atoms with Crippen LogP contribution in [0.4, 0.5) is 5.69 Å². The minimum Gasteiger partial charge on any atom is -0.354 e. The Kier molecular flexibility index (Phi) is 6.60. The Morgan fingerprint density at radius 3 is 2.72 bits per heavy atom. The molecule has 1 aliphatic rings. The molecule has 1 aliphatic heterocycles. The lowest BCUT2D eigenvalue weighted by Crippen LogP contribution is -2.44. The maximum absolute atomic E-state index is 13.7. The van der Waals surface area contributed by atoms with Gasteiger partial charge in [-0.25, -0.2) is 0 Å². The molecule has 168 valence electrons. The number of fused-ring (bicyclic) bond motifs is 3. The topological polar surface area (TPSA) is 54.3 Å². The van der Waals surface area contributed by atoms with Crippen LogP contribution in [0, 0.1) is 5.92 Å². The number of amides is 2. The van der Waals surface area contributed by atoms with E-state index in [9.17, 15) is 9.59 Å². The van der Waals surface area contributed by atoms with Crippen LogP contribution in [-0.2, 0) is 23.1 Å². The number of benzene rings is 2. The average Bonchev–Trinajstić information content (AvgIpc) is 2.96. The van der Waals surface area contributed by atoms with E-state index in [0.29, 0.717) is 18.2 Å². The number of hydrogen-bond donors (Lipinski definition) is 1. The summed E-state index contributed by atoms with van der Waals surface area (Å²) in [4.78, 5) is 28.9. The summed E-state index contributed by atoms with van der Waals surface area (Å²) < 4.78 is 2.11. The highest BCUT2D eigenvalue weighted by atomic mass is 32.2. The zero-order valence-corrected chi connectivity index (χ0v) is 20.0. The molecule has 0 spiro atoms. The van der Waals surface area contributed by atoms with Crippen molar-refractivity contribution in [2.24, 2.45) is 13.0 Å². The van der Waals surface area contributed by atoms with E-state index >= 15 is 0 Å². The molecular weight excluding hydrogens is 418 g/mol. The first-order chi connectivity index (χ1) is 15.4. The van der Waals surface area contributed by atoms with E-state index in [4.69, 9.17) is 0 Å². The molecular formula is C26H31N3O2S. The fourth-order valence-corrected chi connectivity index (χ4v) is 5.43. The van der Waals surface area contributed by atoms with E-state index in [1.54, 1.807) is 4.90 Å². The number of aromatic nitrogens is 1. The Morgan fingerprint density at radius 1 is 1.19 bits per heavy atom. The van der Waals surface area contributed by atoms with Gasteiger partial charge < -0.3 is 9.88 Å². The third kappa shape index (κ3) is 4.16. The quantitative estimate of drug-likeness (QED) is 0.571. The molecule has 32 heavy (non-hydrogen) atoms. The number of para-hydroxylation sites is 1. The van der Waals surface area contributed by atoms with Gasteiger partial charge in [-0.3, -0.25) is 14.5 Å². The van der Waals surface area contributed by atoms with Crippen LogP contribution in [0.15, 0.2) is 53.6 Å². The summed E-state index contributed by atoms with van der Waals surface area (Å²) in [6.07, 6.45) is 1.77. The zero-order valence-electron chi connectivity index (χ0n) is 19.2. The van der Waals surface area contributed by atoms with Crippen molar-refractivity contribution >= 4 is 40.2 Å². The van der Waals surface area contributed by atoms with Crippen LogP contribution >= 0.6 is 11.8 Å². The fraction of sp³-hybridized carbons (Fsp3) is 0.385. The summed E-state index contributed by atoms with van der Waals surface area (Å²) in [6, 6.07) is 15.4. The summed E-state index contributed by atoms with van der Waals surface area (Å²) in [7, 11) is 2.01. The molecule has 0 bridgehead atoms. The maximum Gasteiger partial charge on any atom is 0.247 e. The molecule has 2 aromatic carbocycles. The molecule has 1 N–H and O–H groups in total. The number of rotatable bonds is 6. The van der Waals surface area contributed by atoms with Gasteiger partial charge >= 0.3 is 0 Å². The summed E-state index contributed by atoms with van der Waals surface area (Å²) in [5, 5.41) is 5.13. The minimum atomic E-state index is -0.710. The molecule has 1 aromatic heterocycles. The average molecular weight is 450 g/mol. The van der Waals surface area contributed by atoms with Gasteiger partial charge in [0.1, 0.15) is 6.04 Å². The van der Waals surface area contributed by atoms with Crippen molar-refractivity contribution in [3.63, 3.8) is 0 Å². The number of thioether (sulfide) groups is 1. The summed E-state index contributed by atoms with van der Waals surface area (Å²) in [5.41, 5.74) is 3.91. The third-order valence-electron chi connectivity index (χ3n) is 6.09. The van der Waals surface area contributed by atoms with Gasteiger partial charge in [0, 0.05) is 35.7 Å². The second-order valence-electron chi connectivity index (χ2n) is 8.75. The normalized spacial score (nSPS) is 16.3. The van der Waals surface area contributed by atoms with Gasteiger partial charge in [0.05, 0.1) is 10.8 Å². The fourth-order valence-electron chi connectivity index (χ4n) is 4.36. The first kappa shape index (κ1) is 22.5. The molecule has 1 atom stereocenters. The van der Waals surface area contributed by atoms with Gasteiger partial charge in [-0.1, -0.05) is 62.9 Å². The lowest BCUT2D eigenvalue weighted by molar-refractivity contribution is -0.125. The molecule has 0 saturated heterocycles. The van der Waals surface area contributed by atoms with E-state index in [2.05, 4.69) is 48.9 Å². The molecule has 2 amide bonds. The summed E-state index contributed by atoms with van der Waals surface area (Å²) in [6.45, 7) is 6.97. The smallest absolute Gasteiger partial charge is 0.247 e. The van der Waals surface area contributed by atoms with E-state index in [1.807, 2.05) is 37.4 Å². The lowest BCUT2D eigenvalue weighted by atomic mass is 10.0. The predicted molar refractivity (Wildman–Crippen MR) is 132 cm³/mol.